The van der Waals surface area contributed by atoms with E-state index in [1.807, 2.05) is 48.5 Å². The SMILES string of the molecule is COc1ccccc1Nc1ncnc(NCc2ccccc2Cl)c1N. The molecule has 0 aliphatic rings. The first-order valence-electron chi connectivity index (χ1n) is 7.67. The number of halogens is 1. The zero-order valence-corrected chi connectivity index (χ0v) is 14.4. The third-order valence-electron chi connectivity index (χ3n) is 3.65. The molecule has 1 heterocycles. The lowest BCUT2D eigenvalue weighted by Gasteiger charge is -2.14. The fourth-order valence-corrected chi connectivity index (χ4v) is 2.53. The van der Waals surface area contributed by atoms with Gasteiger partial charge in [-0.1, -0.05) is 41.9 Å². The fraction of sp³-hybridized carbons (Fsp3) is 0.111. The number of aromatic nitrogens is 2. The van der Waals surface area contributed by atoms with Crippen LogP contribution in [0, 0.1) is 0 Å². The van der Waals surface area contributed by atoms with E-state index in [4.69, 9.17) is 22.1 Å². The van der Waals surface area contributed by atoms with Gasteiger partial charge in [-0.2, -0.15) is 0 Å². The molecule has 0 radical (unpaired) electrons. The van der Waals surface area contributed by atoms with E-state index in [9.17, 15) is 0 Å². The highest BCUT2D eigenvalue weighted by atomic mass is 35.5. The van der Waals surface area contributed by atoms with Gasteiger partial charge in [-0.25, -0.2) is 9.97 Å². The standard InChI is InChI=1S/C18H18ClN5O/c1-25-15-9-5-4-8-14(15)24-18-16(20)17(22-11-23-18)21-10-12-6-2-3-7-13(12)19/h2-9,11H,10,20H2,1H3,(H2,21,22,23,24). The minimum atomic E-state index is 0.417. The van der Waals surface area contributed by atoms with Crippen molar-refractivity contribution in [3.63, 3.8) is 0 Å². The number of nitrogens with one attached hydrogen (secondary N) is 2. The van der Waals surface area contributed by atoms with Gasteiger partial charge in [0.1, 0.15) is 17.8 Å². The van der Waals surface area contributed by atoms with Gasteiger partial charge in [0.15, 0.2) is 11.6 Å². The predicted octanol–water partition coefficient (Wildman–Crippen LogP) is 4.08. The second-order valence-corrected chi connectivity index (χ2v) is 5.66. The third kappa shape index (κ3) is 3.92. The molecule has 0 saturated heterocycles. The third-order valence-corrected chi connectivity index (χ3v) is 4.02. The molecule has 0 unspecified atom stereocenters. The minimum absolute atomic E-state index is 0.417. The lowest BCUT2D eigenvalue weighted by molar-refractivity contribution is 0.417. The number of rotatable bonds is 6. The van der Waals surface area contributed by atoms with Gasteiger partial charge in [-0.05, 0) is 23.8 Å². The normalized spacial score (nSPS) is 10.3. The Morgan fingerprint density at radius 3 is 2.56 bits per heavy atom. The summed E-state index contributed by atoms with van der Waals surface area (Å²) in [7, 11) is 1.61. The Morgan fingerprint density at radius 2 is 1.76 bits per heavy atom. The van der Waals surface area contributed by atoms with Crippen LogP contribution in [0.2, 0.25) is 5.02 Å². The largest absolute Gasteiger partial charge is 0.495 e. The van der Waals surface area contributed by atoms with Crippen LogP contribution < -0.4 is 21.1 Å². The maximum absolute atomic E-state index is 6.20. The molecule has 25 heavy (non-hydrogen) atoms. The van der Waals surface area contributed by atoms with Crippen molar-refractivity contribution in [2.45, 2.75) is 6.54 Å². The van der Waals surface area contributed by atoms with Crippen LogP contribution in [0.3, 0.4) is 0 Å². The van der Waals surface area contributed by atoms with E-state index in [0.29, 0.717) is 34.6 Å². The van der Waals surface area contributed by atoms with E-state index in [1.165, 1.54) is 6.33 Å². The monoisotopic (exact) mass is 355 g/mol. The first kappa shape index (κ1) is 16.9. The molecular formula is C18H18ClN5O. The van der Waals surface area contributed by atoms with Gasteiger partial charge in [-0.15, -0.1) is 0 Å². The number of ether oxygens (including phenoxy) is 1. The van der Waals surface area contributed by atoms with Crippen LogP contribution in [-0.2, 0) is 6.54 Å². The highest BCUT2D eigenvalue weighted by Gasteiger charge is 2.11. The number of hydrogen-bond acceptors (Lipinski definition) is 6. The van der Waals surface area contributed by atoms with Crippen molar-refractivity contribution in [1.29, 1.82) is 0 Å². The highest BCUT2D eigenvalue weighted by Crippen LogP contribution is 2.31. The lowest BCUT2D eigenvalue weighted by atomic mass is 10.2. The highest BCUT2D eigenvalue weighted by molar-refractivity contribution is 6.31. The molecule has 0 aliphatic heterocycles. The van der Waals surface area contributed by atoms with Crippen molar-refractivity contribution < 1.29 is 4.74 Å². The lowest BCUT2D eigenvalue weighted by Crippen LogP contribution is -2.08. The molecule has 0 amide bonds. The zero-order valence-electron chi connectivity index (χ0n) is 13.7. The number of para-hydroxylation sites is 2. The van der Waals surface area contributed by atoms with Gasteiger partial charge < -0.3 is 21.1 Å². The van der Waals surface area contributed by atoms with Gasteiger partial charge in [0, 0.05) is 11.6 Å². The Kier molecular flexibility index (Phi) is 5.20. The summed E-state index contributed by atoms with van der Waals surface area (Å²) in [6.07, 6.45) is 1.45. The Balaban J connectivity index is 1.79. The van der Waals surface area contributed by atoms with Crippen molar-refractivity contribution in [2.75, 3.05) is 23.5 Å². The zero-order chi connectivity index (χ0) is 17.6. The van der Waals surface area contributed by atoms with Crippen LogP contribution in [0.25, 0.3) is 0 Å². The molecule has 2 aromatic carbocycles. The van der Waals surface area contributed by atoms with Gasteiger partial charge in [0.2, 0.25) is 0 Å². The second kappa shape index (κ2) is 7.72. The van der Waals surface area contributed by atoms with Crippen LogP contribution in [-0.4, -0.2) is 17.1 Å². The van der Waals surface area contributed by atoms with Crippen molar-refractivity contribution in [3.8, 4) is 5.75 Å². The maximum atomic E-state index is 6.20. The Labute approximate surface area is 151 Å². The molecule has 0 fully saturated rings. The van der Waals surface area contributed by atoms with Crippen molar-refractivity contribution in [3.05, 3.63) is 65.4 Å². The van der Waals surface area contributed by atoms with E-state index in [-0.39, 0.29) is 0 Å². The molecule has 0 aliphatic carbocycles. The van der Waals surface area contributed by atoms with E-state index < -0.39 is 0 Å². The van der Waals surface area contributed by atoms with Gasteiger partial charge in [0.05, 0.1) is 12.8 Å². The molecule has 7 heteroatoms. The summed E-state index contributed by atoms with van der Waals surface area (Å²) in [4.78, 5) is 8.42. The summed E-state index contributed by atoms with van der Waals surface area (Å²) in [6.45, 7) is 0.509. The average molecular weight is 356 g/mol. The molecule has 1 aromatic heterocycles. The average Bonchev–Trinajstić information content (AvgIpc) is 2.64. The maximum Gasteiger partial charge on any atom is 0.159 e. The first-order valence-corrected chi connectivity index (χ1v) is 8.04. The summed E-state index contributed by atoms with van der Waals surface area (Å²) in [5.74, 6) is 1.74. The molecular weight excluding hydrogens is 338 g/mol. The molecule has 4 N–H and O–H groups in total. The molecule has 3 rings (SSSR count). The summed E-state index contributed by atoms with van der Waals surface area (Å²) in [5.41, 5.74) is 8.35. The van der Waals surface area contributed by atoms with Crippen molar-refractivity contribution in [2.24, 2.45) is 0 Å². The van der Waals surface area contributed by atoms with Crippen molar-refractivity contribution in [1.82, 2.24) is 9.97 Å². The van der Waals surface area contributed by atoms with Crippen LogP contribution in [0.4, 0.5) is 23.0 Å². The van der Waals surface area contributed by atoms with E-state index in [1.54, 1.807) is 7.11 Å². The van der Waals surface area contributed by atoms with E-state index >= 15 is 0 Å². The van der Waals surface area contributed by atoms with Crippen LogP contribution in [0.5, 0.6) is 5.75 Å². The van der Waals surface area contributed by atoms with Gasteiger partial charge in [0.25, 0.3) is 0 Å². The van der Waals surface area contributed by atoms with Crippen LogP contribution >= 0.6 is 11.6 Å². The Morgan fingerprint density at radius 1 is 1.04 bits per heavy atom. The topological polar surface area (TPSA) is 85.1 Å². The summed E-state index contributed by atoms with van der Waals surface area (Å²) >= 11 is 6.17. The number of methoxy groups -OCH3 is 1. The van der Waals surface area contributed by atoms with Crippen LogP contribution in [0.15, 0.2) is 54.9 Å². The smallest absolute Gasteiger partial charge is 0.159 e. The quantitative estimate of drug-likeness (QED) is 0.618. The molecule has 128 valence electrons. The molecule has 0 saturated carbocycles. The first-order chi connectivity index (χ1) is 12.2. The summed E-state index contributed by atoms with van der Waals surface area (Å²) < 4.78 is 5.33. The van der Waals surface area contributed by atoms with Crippen molar-refractivity contribution >= 4 is 34.6 Å². The molecule has 6 nitrogen and oxygen atoms in total. The number of nitrogens with two attached hydrogens (primary N) is 1. The van der Waals surface area contributed by atoms with Crippen LogP contribution in [0.1, 0.15) is 5.56 Å². The summed E-state index contributed by atoms with van der Waals surface area (Å²) in [5, 5.41) is 7.06. The number of nitrogens with zero attached hydrogens (tertiary/aromatic N) is 2. The molecule has 0 atom stereocenters. The number of nitrogen functional groups attached to an aromatic ring is 1. The van der Waals surface area contributed by atoms with E-state index in [2.05, 4.69) is 20.6 Å². The molecule has 0 spiro atoms. The number of benzene rings is 2. The fourth-order valence-electron chi connectivity index (χ4n) is 2.33. The minimum Gasteiger partial charge on any atom is -0.495 e. The Bertz CT molecular complexity index is 872. The molecule has 3 aromatic rings. The van der Waals surface area contributed by atoms with Gasteiger partial charge >= 0.3 is 0 Å². The van der Waals surface area contributed by atoms with E-state index in [0.717, 1.165) is 11.3 Å². The van der Waals surface area contributed by atoms with Gasteiger partial charge in [-0.3, -0.25) is 0 Å². The summed E-state index contributed by atoms with van der Waals surface area (Å²) in [6, 6.07) is 15.1. The number of hydrogen-bond donors (Lipinski definition) is 3. The predicted molar refractivity (Wildman–Crippen MR) is 101 cm³/mol. The number of anilines is 4. The molecule has 0 bridgehead atoms. The Hall–Kier alpha value is -2.99. The second-order valence-electron chi connectivity index (χ2n) is 5.25.